The normalized spacial score (nSPS) is 34.4. The van der Waals surface area contributed by atoms with Crippen LogP contribution in [0.3, 0.4) is 0 Å². The zero-order chi connectivity index (χ0) is 12.4. The lowest BCUT2D eigenvalue weighted by Gasteiger charge is -2.47. The van der Waals surface area contributed by atoms with Gasteiger partial charge in [0.05, 0.1) is 17.1 Å². The monoisotopic (exact) mass is 223 g/mol. The molecular formula is C14H25NO. The Morgan fingerprint density at radius 2 is 2.19 bits per heavy atom. The molecule has 0 spiro atoms. The van der Waals surface area contributed by atoms with E-state index in [9.17, 15) is 10.4 Å². The van der Waals surface area contributed by atoms with E-state index in [-0.39, 0.29) is 5.92 Å². The van der Waals surface area contributed by atoms with Crippen molar-refractivity contribution in [1.82, 2.24) is 0 Å². The molecule has 0 aromatic rings. The molecule has 2 heteroatoms. The highest BCUT2D eigenvalue weighted by molar-refractivity contribution is 5.12. The first-order valence-electron chi connectivity index (χ1n) is 6.53. The fraction of sp³-hybridized carbons (Fsp3) is 0.929. The predicted octanol–water partition coefficient (Wildman–Crippen LogP) is 3.50. The van der Waals surface area contributed by atoms with Crippen LogP contribution in [0.2, 0.25) is 0 Å². The Hall–Kier alpha value is -0.550. The minimum Gasteiger partial charge on any atom is -0.388 e. The second-order valence-corrected chi connectivity index (χ2v) is 5.87. The van der Waals surface area contributed by atoms with Crippen LogP contribution in [0.5, 0.6) is 0 Å². The molecule has 0 aromatic carbocycles. The van der Waals surface area contributed by atoms with Crippen molar-refractivity contribution < 1.29 is 5.11 Å². The Balaban J connectivity index is 2.98. The number of nitriles is 1. The molecular weight excluding hydrogens is 198 g/mol. The summed E-state index contributed by atoms with van der Waals surface area (Å²) in [6.45, 7) is 8.05. The van der Waals surface area contributed by atoms with E-state index in [0.717, 1.165) is 25.7 Å². The third kappa shape index (κ3) is 2.11. The Morgan fingerprint density at radius 3 is 2.62 bits per heavy atom. The van der Waals surface area contributed by atoms with Crippen molar-refractivity contribution in [1.29, 1.82) is 5.26 Å². The summed E-state index contributed by atoms with van der Waals surface area (Å²) in [5.74, 6) is 0.737. The molecule has 3 unspecified atom stereocenters. The summed E-state index contributed by atoms with van der Waals surface area (Å²) >= 11 is 0. The Bertz CT molecular complexity index is 277. The van der Waals surface area contributed by atoms with Gasteiger partial charge in [-0.25, -0.2) is 0 Å². The molecule has 1 aliphatic rings. The number of rotatable bonds is 3. The van der Waals surface area contributed by atoms with Gasteiger partial charge in [-0.15, -0.1) is 0 Å². The number of aliphatic hydroxyl groups is 1. The van der Waals surface area contributed by atoms with Gasteiger partial charge in [-0.1, -0.05) is 40.0 Å². The van der Waals surface area contributed by atoms with Gasteiger partial charge in [0, 0.05) is 0 Å². The van der Waals surface area contributed by atoms with Crippen molar-refractivity contribution >= 4 is 0 Å². The van der Waals surface area contributed by atoms with Gasteiger partial charge in [0.1, 0.15) is 0 Å². The molecule has 1 N–H and O–H groups in total. The largest absolute Gasteiger partial charge is 0.388 e. The third-order valence-corrected chi connectivity index (χ3v) is 4.74. The first-order valence-corrected chi connectivity index (χ1v) is 6.53. The van der Waals surface area contributed by atoms with Gasteiger partial charge in [-0.05, 0) is 31.6 Å². The summed E-state index contributed by atoms with van der Waals surface area (Å²) in [4.78, 5) is 0. The number of hydrogen-bond donors (Lipinski definition) is 1. The van der Waals surface area contributed by atoms with Crippen molar-refractivity contribution in [2.24, 2.45) is 17.3 Å². The van der Waals surface area contributed by atoms with E-state index in [2.05, 4.69) is 13.0 Å². The van der Waals surface area contributed by atoms with Crippen molar-refractivity contribution in [2.45, 2.75) is 65.4 Å². The lowest BCUT2D eigenvalue weighted by Crippen LogP contribution is -2.51. The first-order chi connectivity index (χ1) is 7.39. The maximum Gasteiger partial charge on any atom is 0.0862 e. The van der Waals surface area contributed by atoms with Gasteiger partial charge in [0.25, 0.3) is 0 Å². The molecule has 1 rings (SSSR count). The molecule has 1 saturated carbocycles. The molecule has 0 saturated heterocycles. The van der Waals surface area contributed by atoms with E-state index >= 15 is 0 Å². The summed E-state index contributed by atoms with van der Waals surface area (Å²) in [5.41, 5.74) is -1.39. The van der Waals surface area contributed by atoms with Crippen LogP contribution in [0.15, 0.2) is 0 Å². The van der Waals surface area contributed by atoms with Gasteiger partial charge in [0.2, 0.25) is 0 Å². The quantitative estimate of drug-likeness (QED) is 0.795. The predicted molar refractivity (Wildman–Crippen MR) is 65.8 cm³/mol. The second-order valence-electron chi connectivity index (χ2n) is 5.87. The summed E-state index contributed by atoms with van der Waals surface area (Å²) in [6, 6.07) is 2.45. The third-order valence-electron chi connectivity index (χ3n) is 4.74. The maximum atomic E-state index is 10.7. The Labute approximate surface area is 99.7 Å². The van der Waals surface area contributed by atoms with Crippen LogP contribution >= 0.6 is 0 Å². The Kier molecular flexibility index (Phi) is 4.02. The van der Waals surface area contributed by atoms with E-state index in [1.165, 1.54) is 6.42 Å². The van der Waals surface area contributed by atoms with Gasteiger partial charge in [0.15, 0.2) is 0 Å². The molecule has 0 aliphatic heterocycles. The zero-order valence-electron chi connectivity index (χ0n) is 11.1. The van der Waals surface area contributed by atoms with Crippen molar-refractivity contribution in [3.8, 4) is 6.07 Å². The molecule has 1 fully saturated rings. The highest BCUT2D eigenvalue weighted by Crippen LogP contribution is 2.49. The molecule has 0 aromatic heterocycles. The van der Waals surface area contributed by atoms with E-state index < -0.39 is 11.0 Å². The summed E-state index contributed by atoms with van der Waals surface area (Å²) in [7, 11) is 0. The molecule has 0 bridgehead atoms. The molecule has 0 radical (unpaired) electrons. The molecule has 0 amide bonds. The van der Waals surface area contributed by atoms with Crippen LogP contribution < -0.4 is 0 Å². The number of hydrogen-bond acceptors (Lipinski definition) is 2. The zero-order valence-corrected chi connectivity index (χ0v) is 11.1. The molecule has 16 heavy (non-hydrogen) atoms. The summed E-state index contributed by atoms with van der Waals surface area (Å²) in [5, 5.41) is 20.2. The lowest BCUT2D eigenvalue weighted by molar-refractivity contribution is -0.0999. The minimum absolute atomic E-state index is 0.128. The van der Waals surface area contributed by atoms with Crippen molar-refractivity contribution in [3.63, 3.8) is 0 Å². The lowest BCUT2D eigenvalue weighted by atomic mass is 9.58. The average Bonchev–Trinajstić information content (AvgIpc) is 2.28. The molecule has 1 aliphatic carbocycles. The SMILES string of the molecule is CCC1CCCC(C#N)(C(C)(O)C(C)C)C1. The first kappa shape index (κ1) is 13.5. The van der Waals surface area contributed by atoms with Crippen molar-refractivity contribution in [3.05, 3.63) is 0 Å². The van der Waals surface area contributed by atoms with E-state index in [1.807, 2.05) is 20.8 Å². The minimum atomic E-state index is -0.865. The topological polar surface area (TPSA) is 44.0 Å². The van der Waals surface area contributed by atoms with Crippen LogP contribution in [0.25, 0.3) is 0 Å². The fourth-order valence-electron chi connectivity index (χ4n) is 2.96. The molecule has 92 valence electrons. The summed E-state index contributed by atoms with van der Waals surface area (Å²) in [6.07, 6.45) is 5.14. The number of nitrogens with zero attached hydrogens (tertiary/aromatic N) is 1. The molecule has 3 atom stereocenters. The van der Waals surface area contributed by atoms with Gasteiger partial charge in [-0.3, -0.25) is 0 Å². The highest BCUT2D eigenvalue weighted by Gasteiger charge is 2.51. The smallest absolute Gasteiger partial charge is 0.0862 e. The van der Waals surface area contributed by atoms with Gasteiger partial charge in [-0.2, -0.15) is 5.26 Å². The molecule has 2 nitrogen and oxygen atoms in total. The Morgan fingerprint density at radius 1 is 1.56 bits per heavy atom. The van der Waals surface area contributed by atoms with Gasteiger partial charge >= 0.3 is 0 Å². The van der Waals surface area contributed by atoms with Crippen LogP contribution in [0, 0.1) is 28.6 Å². The second kappa shape index (κ2) is 4.75. The average molecular weight is 223 g/mol. The van der Waals surface area contributed by atoms with Gasteiger partial charge < -0.3 is 5.11 Å². The van der Waals surface area contributed by atoms with Crippen LogP contribution in [-0.4, -0.2) is 10.7 Å². The van der Waals surface area contributed by atoms with E-state index in [0.29, 0.717) is 5.92 Å². The van der Waals surface area contributed by atoms with E-state index in [1.54, 1.807) is 0 Å². The standard InChI is InChI=1S/C14H25NO/c1-5-12-7-6-8-14(9-12,10-15)13(4,16)11(2)3/h11-12,16H,5-9H2,1-4H3. The summed E-state index contributed by atoms with van der Waals surface area (Å²) < 4.78 is 0. The van der Waals surface area contributed by atoms with Crippen LogP contribution in [0.1, 0.15) is 59.8 Å². The van der Waals surface area contributed by atoms with Crippen LogP contribution in [0.4, 0.5) is 0 Å². The highest BCUT2D eigenvalue weighted by atomic mass is 16.3. The van der Waals surface area contributed by atoms with Crippen LogP contribution in [-0.2, 0) is 0 Å². The van der Waals surface area contributed by atoms with E-state index in [4.69, 9.17) is 0 Å². The maximum absolute atomic E-state index is 10.7. The van der Waals surface area contributed by atoms with Crippen molar-refractivity contribution in [2.75, 3.05) is 0 Å². The fourth-order valence-corrected chi connectivity index (χ4v) is 2.96. The molecule has 0 heterocycles.